The minimum absolute atomic E-state index is 0.421. The van der Waals surface area contributed by atoms with Gasteiger partial charge in [0.2, 0.25) is 0 Å². The quantitative estimate of drug-likeness (QED) is 0.710. The maximum Gasteiger partial charge on any atom is 0.303 e. The van der Waals surface area contributed by atoms with Crippen molar-refractivity contribution in [3.8, 4) is 0 Å². The summed E-state index contributed by atoms with van der Waals surface area (Å²) in [5.74, 6) is 0. The Labute approximate surface area is 129 Å². The zero-order valence-electron chi connectivity index (χ0n) is 13.5. The minimum atomic E-state index is -3.47. The Kier molecular flexibility index (Phi) is 7.14. The maximum absolute atomic E-state index is 12.7. The summed E-state index contributed by atoms with van der Waals surface area (Å²) in [6.45, 7) is 8.49. The molecule has 0 heterocycles. The van der Waals surface area contributed by atoms with Gasteiger partial charge in [-0.05, 0) is 45.0 Å². The van der Waals surface area contributed by atoms with Crippen molar-refractivity contribution in [2.75, 3.05) is 37.5 Å². The van der Waals surface area contributed by atoms with Gasteiger partial charge in [0.1, 0.15) is 0 Å². The fourth-order valence-electron chi connectivity index (χ4n) is 2.19. The van der Waals surface area contributed by atoms with Gasteiger partial charge in [-0.2, -0.15) is 12.7 Å². The van der Waals surface area contributed by atoms with Crippen molar-refractivity contribution in [1.82, 2.24) is 9.62 Å². The highest BCUT2D eigenvalue weighted by Crippen LogP contribution is 2.23. The van der Waals surface area contributed by atoms with E-state index in [0.29, 0.717) is 13.1 Å². The minimum Gasteiger partial charge on any atom is -0.317 e. The van der Waals surface area contributed by atoms with Gasteiger partial charge >= 0.3 is 10.2 Å². The van der Waals surface area contributed by atoms with Crippen LogP contribution in [-0.4, -0.2) is 45.9 Å². The highest BCUT2D eigenvalue weighted by molar-refractivity contribution is 7.90. The zero-order chi connectivity index (χ0) is 15.9. The fraction of sp³-hybridized carbons (Fsp3) is 0.600. The van der Waals surface area contributed by atoms with E-state index in [4.69, 9.17) is 0 Å². The van der Waals surface area contributed by atoms with Crippen LogP contribution in [-0.2, 0) is 10.2 Å². The molecule has 1 aromatic carbocycles. The van der Waals surface area contributed by atoms with Crippen molar-refractivity contribution >= 4 is 15.9 Å². The van der Waals surface area contributed by atoms with Crippen LogP contribution in [0, 0.1) is 6.92 Å². The molecular formula is C15H27N3O2S. The number of para-hydroxylation sites is 1. The summed E-state index contributed by atoms with van der Waals surface area (Å²) in [7, 11) is -1.83. The first kappa shape index (κ1) is 17.9. The van der Waals surface area contributed by atoms with Gasteiger partial charge in [-0.25, -0.2) is 0 Å². The standard InChI is InChI=1S/C15H27N3O2S/c1-5-16-12-9-13-17(4)21(19,20)18(6-2)15-11-8-7-10-14(15)3/h7-8,10-11,16H,5-6,9,12-13H2,1-4H3. The molecule has 1 aromatic rings. The first-order valence-corrected chi connectivity index (χ1v) is 8.85. The molecule has 0 bridgehead atoms. The topological polar surface area (TPSA) is 52.7 Å². The van der Waals surface area contributed by atoms with Crippen molar-refractivity contribution in [2.45, 2.75) is 27.2 Å². The molecule has 0 aliphatic rings. The molecule has 0 atom stereocenters. The number of rotatable bonds is 9. The van der Waals surface area contributed by atoms with Gasteiger partial charge in [0.15, 0.2) is 0 Å². The molecule has 0 saturated heterocycles. The highest BCUT2D eigenvalue weighted by atomic mass is 32.2. The lowest BCUT2D eigenvalue weighted by Gasteiger charge is -2.29. The van der Waals surface area contributed by atoms with Gasteiger partial charge in [-0.1, -0.05) is 25.1 Å². The molecule has 1 N–H and O–H groups in total. The van der Waals surface area contributed by atoms with Crippen LogP contribution in [0.15, 0.2) is 24.3 Å². The van der Waals surface area contributed by atoms with Gasteiger partial charge in [0, 0.05) is 20.1 Å². The van der Waals surface area contributed by atoms with Crippen LogP contribution in [0.25, 0.3) is 0 Å². The van der Waals surface area contributed by atoms with Crippen LogP contribution >= 0.6 is 0 Å². The predicted molar refractivity (Wildman–Crippen MR) is 88.9 cm³/mol. The van der Waals surface area contributed by atoms with Gasteiger partial charge in [0.05, 0.1) is 5.69 Å². The van der Waals surface area contributed by atoms with E-state index in [1.807, 2.05) is 45.0 Å². The van der Waals surface area contributed by atoms with Crippen molar-refractivity contribution in [3.63, 3.8) is 0 Å². The van der Waals surface area contributed by atoms with E-state index < -0.39 is 10.2 Å². The number of nitrogens with one attached hydrogen (secondary N) is 1. The van der Waals surface area contributed by atoms with Crippen LogP contribution in [0.2, 0.25) is 0 Å². The van der Waals surface area contributed by atoms with Gasteiger partial charge in [0.25, 0.3) is 0 Å². The Morgan fingerprint density at radius 3 is 2.43 bits per heavy atom. The molecule has 21 heavy (non-hydrogen) atoms. The van der Waals surface area contributed by atoms with Gasteiger partial charge < -0.3 is 5.32 Å². The summed E-state index contributed by atoms with van der Waals surface area (Å²) in [6, 6.07) is 7.56. The van der Waals surface area contributed by atoms with Crippen LogP contribution in [0.3, 0.4) is 0 Å². The number of benzene rings is 1. The zero-order valence-corrected chi connectivity index (χ0v) is 14.3. The van der Waals surface area contributed by atoms with Gasteiger partial charge in [-0.3, -0.25) is 4.31 Å². The monoisotopic (exact) mass is 313 g/mol. The van der Waals surface area contributed by atoms with E-state index in [1.165, 1.54) is 8.61 Å². The largest absolute Gasteiger partial charge is 0.317 e. The van der Waals surface area contributed by atoms with Crippen molar-refractivity contribution in [3.05, 3.63) is 29.8 Å². The number of anilines is 1. The van der Waals surface area contributed by atoms with Crippen LogP contribution in [0.4, 0.5) is 5.69 Å². The van der Waals surface area contributed by atoms with E-state index in [1.54, 1.807) is 7.05 Å². The first-order valence-electron chi connectivity index (χ1n) is 7.45. The molecule has 5 nitrogen and oxygen atoms in total. The smallest absolute Gasteiger partial charge is 0.303 e. The third-order valence-corrected chi connectivity index (χ3v) is 5.40. The highest BCUT2D eigenvalue weighted by Gasteiger charge is 2.26. The Morgan fingerprint density at radius 1 is 1.19 bits per heavy atom. The predicted octanol–water partition coefficient (Wildman–Crippen LogP) is 2.00. The lowest BCUT2D eigenvalue weighted by molar-refractivity contribution is 0.453. The second-order valence-corrected chi connectivity index (χ2v) is 6.95. The number of nitrogens with zero attached hydrogens (tertiary/aromatic N) is 2. The summed E-state index contributed by atoms with van der Waals surface area (Å²) in [5.41, 5.74) is 1.71. The average Bonchev–Trinajstić information content (AvgIpc) is 2.46. The molecule has 0 aromatic heterocycles. The van der Waals surface area contributed by atoms with E-state index in [0.717, 1.165) is 30.8 Å². The van der Waals surface area contributed by atoms with Crippen molar-refractivity contribution in [2.24, 2.45) is 0 Å². The molecular weight excluding hydrogens is 286 g/mol. The Hall–Kier alpha value is -1.11. The molecule has 1 rings (SSSR count). The molecule has 0 radical (unpaired) electrons. The number of hydrogen-bond donors (Lipinski definition) is 1. The van der Waals surface area contributed by atoms with E-state index in [-0.39, 0.29) is 0 Å². The molecule has 0 saturated carbocycles. The van der Waals surface area contributed by atoms with Crippen molar-refractivity contribution < 1.29 is 8.42 Å². The second kappa shape index (κ2) is 8.36. The van der Waals surface area contributed by atoms with Gasteiger partial charge in [-0.15, -0.1) is 0 Å². The molecule has 120 valence electrons. The summed E-state index contributed by atoms with van der Waals surface area (Å²) in [6.07, 6.45) is 0.800. The summed E-state index contributed by atoms with van der Waals surface area (Å²) in [5, 5.41) is 3.20. The molecule has 6 heteroatoms. The number of aryl methyl sites for hydroxylation is 1. The SMILES string of the molecule is CCNCCCN(C)S(=O)(=O)N(CC)c1ccccc1C. The molecule has 0 aliphatic carbocycles. The molecule has 0 amide bonds. The van der Waals surface area contributed by atoms with Crippen LogP contribution in [0.5, 0.6) is 0 Å². The number of hydrogen-bond acceptors (Lipinski definition) is 3. The van der Waals surface area contributed by atoms with Crippen LogP contribution in [0.1, 0.15) is 25.8 Å². The normalized spacial score (nSPS) is 11.9. The summed E-state index contributed by atoms with van der Waals surface area (Å²) in [4.78, 5) is 0. The summed E-state index contributed by atoms with van der Waals surface area (Å²) >= 11 is 0. The van der Waals surface area contributed by atoms with E-state index in [9.17, 15) is 8.42 Å². The summed E-state index contributed by atoms with van der Waals surface area (Å²) < 4.78 is 28.3. The lowest BCUT2D eigenvalue weighted by Crippen LogP contribution is -2.43. The Bertz CT molecular complexity index is 531. The Balaban J connectivity index is 2.85. The molecule has 0 unspecified atom stereocenters. The molecule has 0 fully saturated rings. The Morgan fingerprint density at radius 2 is 1.86 bits per heavy atom. The van der Waals surface area contributed by atoms with Crippen LogP contribution < -0.4 is 9.62 Å². The lowest BCUT2D eigenvalue weighted by atomic mass is 10.2. The van der Waals surface area contributed by atoms with Crippen molar-refractivity contribution in [1.29, 1.82) is 0 Å². The first-order chi connectivity index (χ1) is 9.95. The fourth-order valence-corrected chi connectivity index (χ4v) is 3.66. The molecule has 0 spiro atoms. The average molecular weight is 313 g/mol. The second-order valence-electron chi connectivity index (χ2n) is 4.99. The third kappa shape index (κ3) is 4.69. The van der Waals surface area contributed by atoms with E-state index in [2.05, 4.69) is 5.32 Å². The third-order valence-electron chi connectivity index (χ3n) is 3.42. The van der Waals surface area contributed by atoms with E-state index >= 15 is 0 Å². The molecule has 0 aliphatic heterocycles. The maximum atomic E-state index is 12.7.